The van der Waals surface area contributed by atoms with Crippen molar-refractivity contribution >= 4 is 11.6 Å². The van der Waals surface area contributed by atoms with Gasteiger partial charge < -0.3 is 5.32 Å². The van der Waals surface area contributed by atoms with Crippen molar-refractivity contribution < 1.29 is 4.39 Å². The molecule has 3 nitrogen and oxygen atoms in total. The molecule has 0 radical (unpaired) electrons. The van der Waals surface area contributed by atoms with Crippen molar-refractivity contribution in [2.24, 2.45) is 0 Å². The summed E-state index contributed by atoms with van der Waals surface area (Å²) in [4.78, 5) is 8.34. The molecule has 1 atom stereocenters. The van der Waals surface area contributed by atoms with Crippen molar-refractivity contribution in [1.82, 2.24) is 15.3 Å². The number of hydrogen-bond donors (Lipinski definition) is 1. The molecule has 2 rings (SSSR count). The molecule has 1 unspecified atom stereocenters. The van der Waals surface area contributed by atoms with E-state index in [0.717, 1.165) is 17.8 Å². The van der Waals surface area contributed by atoms with Gasteiger partial charge in [0.1, 0.15) is 5.82 Å². The van der Waals surface area contributed by atoms with Crippen LogP contribution in [0, 0.1) is 5.82 Å². The molecule has 2 aromatic rings. The topological polar surface area (TPSA) is 37.8 Å². The molecule has 100 valence electrons. The highest BCUT2D eigenvalue weighted by Crippen LogP contribution is 2.23. The molecule has 0 aliphatic carbocycles. The summed E-state index contributed by atoms with van der Waals surface area (Å²) in [6.07, 6.45) is 5.55. The molecule has 0 spiro atoms. The van der Waals surface area contributed by atoms with E-state index in [1.165, 1.54) is 12.1 Å². The van der Waals surface area contributed by atoms with E-state index in [-0.39, 0.29) is 11.9 Å². The Balaban J connectivity index is 2.24. The second-order valence-electron chi connectivity index (χ2n) is 4.18. The van der Waals surface area contributed by atoms with E-state index < -0.39 is 0 Å². The maximum absolute atomic E-state index is 13.3. The Morgan fingerprint density at radius 2 is 2.21 bits per heavy atom. The summed E-state index contributed by atoms with van der Waals surface area (Å²) in [5.41, 5.74) is 1.59. The third kappa shape index (κ3) is 3.72. The maximum Gasteiger partial charge on any atom is 0.123 e. The fraction of sp³-hybridized carbons (Fsp3) is 0.286. The fourth-order valence-electron chi connectivity index (χ4n) is 1.94. The van der Waals surface area contributed by atoms with Gasteiger partial charge in [-0.15, -0.1) is 0 Å². The standard InChI is InChI=1S/C14H15ClFN3/c1-2-18-13(14-9-17-5-6-19-14)8-10-7-11(16)3-4-12(10)15/h3-7,9,13,18H,2,8H2,1H3. The number of nitrogens with zero attached hydrogens (tertiary/aromatic N) is 2. The molecule has 1 aromatic heterocycles. The first kappa shape index (κ1) is 13.9. The summed E-state index contributed by atoms with van der Waals surface area (Å²) >= 11 is 6.10. The summed E-state index contributed by atoms with van der Waals surface area (Å²) in [5, 5.41) is 3.87. The van der Waals surface area contributed by atoms with Gasteiger partial charge in [-0.05, 0) is 36.7 Å². The van der Waals surface area contributed by atoms with Crippen LogP contribution in [-0.4, -0.2) is 16.5 Å². The molecule has 0 amide bonds. The lowest BCUT2D eigenvalue weighted by molar-refractivity contribution is 0.532. The van der Waals surface area contributed by atoms with E-state index in [2.05, 4.69) is 15.3 Å². The van der Waals surface area contributed by atoms with Gasteiger partial charge in [0, 0.05) is 23.6 Å². The van der Waals surface area contributed by atoms with Crippen LogP contribution in [0.15, 0.2) is 36.8 Å². The van der Waals surface area contributed by atoms with Crippen LogP contribution >= 0.6 is 11.6 Å². The number of aromatic nitrogens is 2. The number of rotatable bonds is 5. The first-order valence-corrected chi connectivity index (χ1v) is 6.51. The smallest absolute Gasteiger partial charge is 0.123 e. The molecule has 1 N–H and O–H groups in total. The van der Waals surface area contributed by atoms with E-state index in [1.54, 1.807) is 24.7 Å². The monoisotopic (exact) mass is 279 g/mol. The molecule has 0 saturated carbocycles. The Bertz CT molecular complexity index is 533. The number of halogens is 2. The van der Waals surface area contributed by atoms with Crippen molar-refractivity contribution in [2.75, 3.05) is 6.54 Å². The van der Waals surface area contributed by atoms with Gasteiger partial charge in [0.15, 0.2) is 0 Å². The molecule has 19 heavy (non-hydrogen) atoms. The molecule has 0 aliphatic heterocycles. The highest BCUT2D eigenvalue weighted by molar-refractivity contribution is 6.31. The van der Waals surface area contributed by atoms with Crippen molar-refractivity contribution in [1.29, 1.82) is 0 Å². The van der Waals surface area contributed by atoms with Gasteiger partial charge in [0.25, 0.3) is 0 Å². The van der Waals surface area contributed by atoms with Crippen LogP contribution in [-0.2, 0) is 6.42 Å². The second-order valence-corrected chi connectivity index (χ2v) is 4.59. The van der Waals surface area contributed by atoms with Gasteiger partial charge in [0.2, 0.25) is 0 Å². The lowest BCUT2D eigenvalue weighted by Crippen LogP contribution is -2.24. The zero-order chi connectivity index (χ0) is 13.7. The fourth-order valence-corrected chi connectivity index (χ4v) is 2.13. The second kappa shape index (κ2) is 6.59. The SMILES string of the molecule is CCNC(Cc1cc(F)ccc1Cl)c1cnccn1. The average molecular weight is 280 g/mol. The molecular formula is C14H15ClFN3. The molecule has 1 heterocycles. The summed E-state index contributed by atoms with van der Waals surface area (Å²) in [6, 6.07) is 4.36. The van der Waals surface area contributed by atoms with E-state index in [9.17, 15) is 4.39 Å². The van der Waals surface area contributed by atoms with Crippen LogP contribution in [0.2, 0.25) is 5.02 Å². The third-order valence-electron chi connectivity index (χ3n) is 2.82. The van der Waals surface area contributed by atoms with Crippen LogP contribution in [0.3, 0.4) is 0 Å². The lowest BCUT2D eigenvalue weighted by Gasteiger charge is -2.17. The normalized spacial score (nSPS) is 12.4. The quantitative estimate of drug-likeness (QED) is 0.914. The summed E-state index contributed by atoms with van der Waals surface area (Å²) < 4.78 is 13.3. The molecule has 0 bridgehead atoms. The number of hydrogen-bond acceptors (Lipinski definition) is 3. The van der Waals surface area contributed by atoms with E-state index in [1.807, 2.05) is 6.92 Å². The van der Waals surface area contributed by atoms with Gasteiger partial charge in [0.05, 0.1) is 11.7 Å². The lowest BCUT2D eigenvalue weighted by atomic mass is 10.0. The summed E-state index contributed by atoms with van der Waals surface area (Å²) in [7, 11) is 0. The first-order valence-electron chi connectivity index (χ1n) is 6.14. The van der Waals surface area contributed by atoms with Crippen molar-refractivity contribution in [2.45, 2.75) is 19.4 Å². The van der Waals surface area contributed by atoms with Crippen molar-refractivity contribution in [3.8, 4) is 0 Å². The summed E-state index contributed by atoms with van der Waals surface area (Å²) in [5.74, 6) is -0.284. The maximum atomic E-state index is 13.3. The van der Waals surface area contributed by atoms with Gasteiger partial charge in [-0.3, -0.25) is 9.97 Å². The summed E-state index contributed by atoms with van der Waals surface area (Å²) in [6.45, 7) is 2.80. The Morgan fingerprint density at radius 3 is 2.89 bits per heavy atom. The Hall–Kier alpha value is -1.52. The molecular weight excluding hydrogens is 265 g/mol. The van der Waals surface area contributed by atoms with Crippen LogP contribution in [0.1, 0.15) is 24.2 Å². The number of likely N-dealkylation sites (N-methyl/N-ethyl adjacent to an activating group) is 1. The Morgan fingerprint density at radius 1 is 1.37 bits per heavy atom. The van der Waals surface area contributed by atoms with Crippen LogP contribution < -0.4 is 5.32 Å². The highest BCUT2D eigenvalue weighted by Gasteiger charge is 2.15. The predicted molar refractivity (Wildman–Crippen MR) is 73.6 cm³/mol. The zero-order valence-electron chi connectivity index (χ0n) is 10.6. The molecule has 5 heteroatoms. The number of nitrogens with one attached hydrogen (secondary N) is 1. The molecule has 0 fully saturated rings. The molecule has 0 aliphatic rings. The van der Waals surface area contributed by atoms with Crippen LogP contribution in [0.4, 0.5) is 4.39 Å². The molecule has 1 aromatic carbocycles. The highest BCUT2D eigenvalue weighted by atomic mass is 35.5. The van der Waals surface area contributed by atoms with E-state index in [0.29, 0.717) is 11.4 Å². The number of benzene rings is 1. The minimum atomic E-state index is -0.284. The molecule has 0 saturated heterocycles. The van der Waals surface area contributed by atoms with Gasteiger partial charge in [-0.2, -0.15) is 0 Å². The van der Waals surface area contributed by atoms with Crippen molar-refractivity contribution in [3.05, 3.63) is 58.9 Å². The third-order valence-corrected chi connectivity index (χ3v) is 3.19. The van der Waals surface area contributed by atoms with Crippen LogP contribution in [0.5, 0.6) is 0 Å². The zero-order valence-corrected chi connectivity index (χ0v) is 11.4. The first-order chi connectivity index (χ1) is 9.20. The van der Waals surface area contributed by atoms with Gasteiger partial charge in [-0.1, -0.05) is 18.5 Å². The van der Waals surface area contributed by atoms with Crippen LogP contribution in [0.25, 0.3) is 0 Å². The van der Waals surface area contributed by atoms with E-state index in [4.69, 9.17) is 11.6 Å². The Kier molecular flexibility index (Phi) is 4.82. The van der Waals surface area contributed by atoms with E-state index >= 15 is 0 Å². The van der Waals surface area contributed by atoms with Crippen molar-refractivity contribution in [3.63, 3.8) is 0 Å². The average Bonchev–Trinajstić information content (AvgIpc) is 2.43. The largest absolute Gasteiger partial charge is 0.309 e. The minimum Gasteiger partial charge on any atom is -0.309 e. The van der Waals surface area contributed by atoms with Gasteiger partial charge in [-0.25, -0.2) is 4.39 Å². The Labute approximate surface area is 116 Å². The minimum absolute atomic E-state index is 0.0296. The van der Waals surface area contributed by atoms with Gasteiger partial charge >= 0.3 is 0 Å². The predicted octanol–water partition coefficient (Wildman–Crippen LogP) is 3.16.